The van der Waals surface area contributed by atoms with Crippen molar-refractivity contribution in [3.63, 3.8) is 0 Å². The van der Waals surface area contributed by atoms with Crippen LogP contribution in [0.4, 0.5) is 5.82 Å². The van der Waals surface area contributed by atoms with E-state index in [1.165, 1.54) is 0 Å². The molecule has 7 heteroatoms. The van der Waals surface area contributed by atoms with Gasteiger partial charge < -0.3 is 20.0 Å². The molecular weight excluding hydrogens is 380 g/mol. The molecule has 30 heavy (non-hydrogen) atoms. The fraction of sp³-hybridized carbons (Fsp3) is 0.478. The smallest absolute Gasteiger partial charge is 0.227 e. The normalized spacial score (nSPS) is 25.3. The Kier molecular flexibility index (Phi) is 6.32. The molecule has 0 radical (unpaired) electrons. The zero-order valence-electron chi connectivity index (χ0n) is 17.2. The minimum Gasteiger partial charge on any atom is -0.388 e. The van der Waals surface area contributed by atoms with Crippen LogP contribution in [0, 0.1) is 0 Å². The summed E-state index contributed by atoms with van der Waals surface area (Å²) >= 11 is 0. The molecule has 0 spiro atoms. The van der Waals surface area contributed by atoms with Crippen LogP contribution in [0.5, 0.6) is 0 Å². The number of likely N-dealkylation sites (tertiary alicyclic amines) is 1. The van der Waals surface area contributed by atoms with E-state index in [-0.39, 0.29) is 12.5 Å². The third-order valence-corrected chi connectivity index (χ3v) is 6.22. The Bertz CT molecular complexity index is 827. The first-order chi connectivity index (χ1) is 14.5. The van der Waals surface area contributed by atoms with Crippen molar-refractivity contribution in [2.75, 3.05) is 50.7 Å². The lowest BCUT2D eigenvalue weighted by atomic mass is 9.87. The Balaban J connectivity index is 1.28. The lowest BCUT2D eigenvalue weighted by molar-refractivity contribution is -0.153. The Labute approximate surface area is 177 Å². The van der Waals surface area contributed by atoms with Gasteiger partial charge in [0.1, 0.15) is 17.5 Å². The first kappa shape index (κ1) is 20.8. The van der Waals surface area contributed by atoms with E-state index in [0.29, 0.717) is 25.9 Å². The van der Waals surface area contributed by atoms with Gasteiger partial charge >= 0.3 is 0 Å². The monoisotopic (exact) mass is 410 g/mol. The van der Waals surface area contributed by atoms with Gasteiger partial charge in [-0.3, -0.25) is 9.69 Å². The molecule has 2 atom stereocenters. The standard InChI is InChI=1S/C23H30N4O3/c28-20-17-27(22(29)16-19-6-2-1-3-7-19)11-9-23(20,30)18-25-12-14-26(15-13-25)21-8-4-5-10-24-21/h1-8,10,20,28,30H,9,11-18H2/t20-,23-/m0/s1. The number of carbonyl (C=O) groups is 1. The van der Waals surface area contributed by atoms with Crippen LogP contribution in [-0.2, 0) is 11.2 Å². The second-order valence-electron chi connectivity index (χ2n) is 8.32. The van der Waals surface area contributed by atoms with Crippen LogP contribution >= 0.6 is 0 Å². The highest BCUT2D eigenvalue weighted by molar-refractivity contribution is 5.79. The zero-order chi connectivity index (χ0) is 21.0. The minimum absolute atomic E-state index is 0.00808. The van der Waals surface area contributed by atoms with Crippen LogP contribution in [0.15, 0.2) is 54.7 Å². The summed E-state index contributed by atoms with van der Waals surface area (Å²) in [6.45, 7) is 4.36. The second kappa shape index (κ2) is 9.12. The molecule has 0 bridgehead atoms. The Hall–Kier alpha value is -2.48. The van der Waals surface area contributed by atoms with Gasteiger partial charge in [0.15, 0.2) is 0 Å². The van der Waals surface area contributed by atoms with Crippen LogP contribution in [0.3, 0.4) is 0 Å². The van der Waals surface area contributed by atoms with E-state index in [2.05, 4.69) is 14.8 Å². The lowest BCUT2D eigenvalue weighted by Gasteiger charge is -2.46. The number of aromatic nitrogens is 1. The molecule has 2 saturated heterocycles. The maximum atomic E-state index is 12.6. The van der Waals surface area contributed by atoms with Crippen molar-refractivity contribution in [2.24, 2.45) is 0 Å². The van der Waals surface area contributed by atoms with Crippen LogP contribution in [0.2, 0.25) is 0 Å². The SMILES string of the molecule is O=C(Cc1ccccc1)N1CC[C@](O)(CN2CCN(c3ccccn3)CC2)[C@@H](O)C1. The van der Waals surface area contributed by atoms with Gasteiger partial charge in [0.05, 0.1) is 6.42 Å². The third-order valence-electron chi connectivity index (χ3n) is 6.22. The fourth-order valence-electron chi connectivity index (χ4n) is 4.32. The van der Waals surface area contributed by atoms with E-state index < -0.39 is 11.7 Å². The maximum Gasteiger partial charge on any atom is 0.227 e. The summed E-state index contributed by atoms with van der Waals surface area (Å²) in [4.78, 5) is 23.1. The van der Waals surface area contributed by atoms with Gasteiger partial charge in [0, 0.05) is 52.0 Å². The second-order valence-corrected chi connectivity index (χ2v) is 8.32. The van der Waals surface area contributed by atoms with E-state index >= 15 is 0 Å². The molecule has 3 heterocycles. The zero-order valence-corrected chi connectivity index (χ0v) is 17.2. The largest absolute Gasteiger partial charge is 0.388 e. The average molecular weight is 411 g/mol. The van der Waals surface area contributed by atoms with Gasteiger partial charge in [0.25, 0.3) is 0 Å². The molecular formula is C23H30N4O3. The van der Waals surface area contributed by atoms with Gasteiger partial charge in [-0.15, -0.1) is 0 Å². The Morgan fingerprint density at radius 1 is 1.03 bits per heavy atom. The van der Waals surface area contributed by atoms with E-state index in [9.17, 15) is 15.0 Å². The van der Waals surface area contributed by atoms with Crippen LogP contribution in [-0.4, -0.2) is 88.4 Å². The molecule has 1 aromatic carbocycles. The van der Waals surface area contributed by atoms with Gasteiger partial charge in [-0.25, -0.2) is 4.98 Å². The number of amides is 1. The molecule has 0 unspecified atom stereocenters. The molecule has 2 aromatic rings. The summed E-state index contributed by atoms with van der Waals surface area (Å²) in [5.74, 6) is 0.965. The van der Waals surface area contributed by atoms with Gasteiger partial charge in [0.2, 0.25) is 5.91 Å². The number of aliphatic hydroxyl groups excluding tert-OH is 1. The van der Waals surface area contributed by atoms with E-state index in [0.717, 1.165) is 37.6 Å². The number of rotatable bonds is 5. The number of hydrogen-bond acceptors (Lipinski definition) is 6. The molecule has 2 N–H and O–H groups in total. The Morgan fingerprint density at radius 3 is 2.43 bits per heavy atom. The topological polar surface area (TPSA) is 80.1 Å². The number of piperidine rings is 1. The molecule has 2 aliphatic rings. The summed E-state index contributed by atoms with van der Waals surface area (Å²) in [5.41, 5.74) is -0.222. The number of benzene rings is 1. The van der Waals surface area contributed by atoms with Gasteiger partial charge in [-0.1, -0.05) is 36.4 Å². The van der Waals surface area contributed by atoms with Crippen molar-refractivity contribution in [3.8, 4) is 0 Å². The van der Waals surface area contributed by atoms with Crippen LogP contribution < -0.4 is 4.90 Å². The van der Waals surface area contributed by atoms with Crippen molar-refractivity contribution in [1.82, 2.24) is 14.8 Å². The fourth-order valence-corrected chi connectivity index (χ4v) is 4.32. The molecule has 7 nitrogen and oxygen atoms in total. The first-order valence-electron chi connectivity index (χ1n) is 10.6. The number of anilines is 1. The number of β-amino-alcohol motifs (C(OH)–C–C–N with tert-alkyl or cyclic N) is 2. The van der Waals surface area contributed by atoms with Crippen molar-refractivity contribution in [1.29, 1.82) is 0 Å². The van der Waals surface area contributed by atoms with Crippen molar-refractivity contribution < 1.29 is 15.0 Å². The number of piperazine rings is 1. The first-order valence-corrected chi connectivity index (χ1v) is 10.6. The highest BCUT2D eigenvalue weighted by Gasteiger charge is 2.43. The van der Waals surface area contributed by atoms with Crippen LogP contribution in [0.25, 0.3) is 0 Å². The van der Waals surface area contributed by atoms with Crippen molar-refractivity contribution in [2.45, 2.75) is 24.5 Å². The highest BCUT2D eigenvalue weighted by Crippen LogP contribution is 2.25. The van der Waals surface area contributed by atoms with E-state index in [1.807, 2.05) is 48.5 Å². The third kappa shape index (κ3) is 4.80. The molecule has 160 valence electrons. The summed E-state index contributed by atoms with van der Waals surface area (Å²) < 4.78 is 0. The summed E-state index contributed by atoms with van der Waals surface area (Å²) in [6, 6.07) is 15.5. The molecule has 1 aromatic heterocycles. The lowest BCUT2D eigenvalue weighted by Crippen LogP contribution is -2.62. The number of nitrogens with zero attached hydrogens (tertiary/aromatic N) is 4. The van der Waals surface area contributed by atoms with E-state index in [4.69, 9.17) is 0 Å². The molecule has 0 aliphatic carbocycles. The van der Waals surface area contributed by atoms with Gasteiger partial charge in [-0.05, 0) is 24.1 Å². The van der Waals surface area contributed by atoms with Crippen LogP contribution in [0.1, 0.15) is 12.0 Å². The maximum absolute atomic E-state index is 12.6. The van der Waals surface area contributed by atoms with Crippen molar-refractivity contribution >= 4 is 11.7 Å². The Morgan fingerprint density at radius 2 is 1.77 bits per heavy atom. The average Bonchev–Trinajstić information content (AvgIpc) is 2.77. The number of aliphatic hydroxyl groups is 2. The predicted octanol–water partition coefficient (Wildman–Crippen LogP) is 0.771. The number of hydrogen-bond donors (Lipinski definition) is 2. The molecule has 4 rings (SSSR count). The van der Waals surface area contributed by atoms with Crippen molar-refractivity contribution in [3.05, 3.63) is 60.3 Å². The quantitative estimate of drug-likeness (QED) is 0.758. The molecule has 2 fully saturated rings. The number of carbonyl (C=O) groups excluding carboxylic acids is 1. The molecule has 0 saturated carbocycles. The van der Waals surface area contributed by atoms with Gasteiger partial charge in [-0.2, -0.15) is 0 Å². The summed E-state index contributed by atoms with van der Waals surface area (Å²) in [6.07, 6.45) is 1.56. The van der Waals surface area contributed by atoms with E-state index in [1.54, 1.807) is 11.1 Å². The predicted molar refractivity (Wildman–Crippen MR) is 115 cm³/mol. The summed E-state index contributed by atoms with van der Waals surface area (Å²) in [5, 5.41) is 21.8. The number of pyridine rings is 1. The molecule has 2 aliphatic heterocycles. The molecule has 1 amide bonds. The summed E-state index contributed by atoms with van der Waals surface area (Å²) in [7, 11) is 0. The highest BCUT2D eigenvalue weighted by atomic mass is 16.3. The minimum atomic E-state index is -1.18.